The molecule has 1 amide bonds. The van der Waals surface area contributed by atoms with E-state index in [-0.39, 0.29) is 18.2 Å². The Balaban J connectivity index is 1.78. The minimum Gasteiger partial charge on any atom is -0.361 e. The lowest BCUT2D eigenvalue weighted by Crippen LogP contribution is -2.29. The van der Waals surface area contributed by atoms with Gasteiger partial charge in [0.1, 0.15) is 5.84 Å². The van der Waals surface area contributed by atoms with Crippen LogP contribution in [0, 0.1) is 11.4 Å². The highest BCUT2D eigenvalue weighted by Gasteiger charge is 2.04. The summed E-state index contributed by atoms with van der Waals surface area (Å²) in [4.78, 5) is 15.1. The molecule has 0 spiro atoms. The van der Waals surface area contributed by atoms with Crippen LogP contribution in [0.2, 0.25) is 0 Å². The lowest BCUT2D eigenvalue weighted by Gasteiger charge is -2.03. The van der Waals surface area contributed by atoms with Crippen LogP contribution in [0.5, 0.6) is 0 Å². The van der Waals surface area contributed by atoms with Gasteiger partial charge in [0, 0.05) is 24.2 Å². The molecule has 0 aliphatic heterocycles. The fraction of sp³-hybridized carbons (Fsp3) is 0.0714. The van der Waals surface area contributed by atoms with Crippen molar-refractivity contribution in [3.05, 3.63) is 58.9 Å². The lowest BCUT2D eigenvalue weighted by atomic mass is 10.2. The van der Waals surface area contributed by atoms with Gasteiger partial charge in [-0.1, -0.05) is 0 Å². The van der Waals surface area contributed by atoms with Crippen LogP contribution in [0.25, 0.3) is 0 Å². The van der Waals surface area contributed by atoms with E-state index in [2.05, 4.69) is 15.6 Å². The lowest BCUT2D eigenvalue weighted by molar-refractivity contribution is -0.119. The number of nitrogens with zero attached hydrogens (tertiary/aromatic N) is 1. The van der Waals surface area contributed by atoms with Crippen molar-refractivity contribution in [1.82, 2.24) is 10.3 Å². The van der Waals surface area contributed by atoms with E-state index >= 15 is 0 Å². The molecular weight excluding hydrogens is 291 g/mol. The molecule has 2 heterocycles. The topological polar surface area (TPSA) is 77.9 Å². The predicted molar refractivity (Wildman–Crippen MR) is 80.9 cm³/mol. The number of rotatable bonds is 5. The number of amides is 1. The SMILES string of the molecule is N=C(/C=C\Nc1ccnc(F)c1)NC(=O)Cc1ccsc1. The molecule has 3 N–H and O–H groups in total. The Morgan fingerprint density at radius 1 is 1.48 bits per heavy atom. The summed E-state index contributed by atoms with van der Waals surface area (Å²) < 4.78 is 12.8. The summed E-state index contributed by atoms with van der Waals surface area (Å²) in [6, 6.07) is 4.68. The van der Waals surface area contributed by atoms with Crippen molar-refractivity contribution in [2.24, 2.45) is 0 Å². The molecule has 7 heteroatoms. The average molecular weight is 304 g/mol. The largest absolute Gasteiger partial charge is 0.361 e. The Morgan fingerprint density at radius 3 is 3.05 bits per heavy atom. The van der Waals surface area contributed by atoms with Gasteiger partial charge in [0.2, 0.25) is 11.9 Å². The van der Waals surface area contributed by atoms with Gasteiger partial charge in [-0.3, -0.25) is 10.2 Å². The number of hydrogen-bond acceptors (Lipinski definition) is 5. The fourth-order valence-electron chi connectivity index (χ4n) is 1.53. The Morgan fingerprint density at radius 2 is 2.33 bits per heavy atom. The molecule has 0 unspecified atom stereocenters. The first-order valence-corrected chi connectivity index (χ1v) is 7.02. The van der Waals surface area contributed by atoms with Crippen LogP contribution in [0.1, 0.15) is 5.56 Å². The van der Waals surface area contributed by atoms with Gasteiger partial charge in [-0.25, -0.2) is 4.98 Å². The minimum absolute atomic E-state index is 0.0442. The van der Waals surface area contributed by atoms with Crippen LogP contribution in [0.4, 0.5) is 10.1 Å². The van der Waals surface area contributed by atoms with Crippen LogP contribution >= 0.6 is 11.3 Å². The van der Waals surface area contributed by atoms with E-state index in [1.54, 1.807) is 6.07 Å². The predicted octanol–water partition coefficient (Wildman–Crippen LogP) is 2.54. The monoisotopic (exact) mass is 304 g/mol. The molecule has 0 atom stereocenters. The van der Waals surface area contributed by atoms with E-state index in [4.69, 9.17) is 5.41 Å². The van der Waals surface area contributed by atoms with Crippen molar-refractivity contribution >= 4 is 28.8 Å². The summed E-state index contributed by atoms with van der Waals surface area (Å²) in [5, 5.41) is 16.6. The number of halogens is 1. The number of pyridine rings is 1. The van der Waals surface area contributed by atoms with Crippen molar-refractivity contribution in [2.45, 2.75) is 6.42 Å². The maximum atomic E-state index is 12.8. The first-order chi connectivity index (χ1) is 10.1. The van der Waals surface area contributed by atoms with E-state index < -0.39 is 5.95 Å². The number of aromatic nitrogens is 1. The zero-order valence-corrected chi connectivity index (χ0v) is 11.8. The molecular formula is C14H13FN4OS. The highest BCUT2D eigenvalue weighted by molar-refractivity contribution is 7.08. The second kappa shape index (κ2) is 7.30. The van der Waals surface area contributed by atoms with E-state index in [0.717, 1.165) is 5.56 Å². The quantitative estimate of drug-likeness (QED) is 0.451. The summed E-state index contributed by atoms with van der Waals surface area (Å²) in [6.07, 6.45) is 4.40. The molecule has 108 valence electrons. The number of amidine groups is 1. The smallest absolute Gasteiger partial charge is 0.229 e. The molecule has 0 saturated heterocycles. The summed E-state index contributed by atoms with van der Waals surface area (Å²) in [7, 11) is 0. The highest BCUT2D eigenvalue weighted by atomic mass is 32.1. The molecule has 0 aliphatic rings. The molecule has 0 fully saturated rings. The van der Waals surface area contributed by atoms with Crippen LogP contribution < -0.4 is 10.6 Å². The summed E-state index contributed by atoms with van der Waals surface area (Å²) in [5.41, 5.74) is 1.43. The Labute approximate surface area is 125 Å². The molecule has 0 bridgehead atoms. The van der Waals surface area contributed by atoms with E-state index in [1.165, 1.54) is 35.9 Å². The van der Waals surface area contributed by atoms with Crippen molar-refractivity contribution in [3.8, 4) is 0 Å². The third-order valence-electron chi connectivity index (χ3n) is 2.45. The maximum Gasteiger partial charge on any atom is 0.229 e. The van der Waals surface area contributed by atoms with Gasteiger partial charge in [-0.05, 0) is 34.5 Å². The van der Waals surface area contributed by atoms with Gasteiger partial charge >= 0.3 is 0 Å². The van der Waals surface area contributed by atoms with Crippen LogP contribution in [0.15, 0.2) is 47.4 Å². The number of nitrogens with one attached hydrogen (secondary N) is 3. The normalized spacial score (nSPS) is 10.5. The Hall–Kier alpha value is -2.54. The van der Waals surface area contributed by atoms with Gasteiger partial charge < -0.3 is 10.6 Å². The van der Waals surface area contributed by atoms with Gasteiger partial charge in [0.15, 0.2) is 0 Å². The third-order valence-corrected chi connectivity index (χ3v) is 3.18. The number of hydrogen-bond donors (Lipinski definition) is 3. The van der Waals surface area contributed by atoms with Gasteiger partial charge in [0.25, 0.3) is 0 Å². The van der Waals surface area contributed by atoms with E-state index in [1.807, 2.05) is 16.8 Å². The third kappa shape index (κ3) is 5.15. The molecule has 2 aromatic heterocycles. The number of carbonyl (C=O) groups is 1. The van der Waals surface area contributed by atoms with Gasteiger partial charge in [-0.2, -0.15) is 15.7 Å². The molecule has 5 nitrogen and oxygen atoms in total. The fourth-order valence-corrected chi connectivity index (χ4v) is 2.20. The average Bonchev–Trinajstić information content (AvgIpc) is 2.91. The standard InChI is InChI=1S/C14H13FN4OS/c15-12-8-11(1-4-18-12)17-5-2-13(16)19-14(20)7-10-3-6-21-9-10/h1-6,8-9H,7H2,(H,17,18)(H2,16,19,20)/b5-2-. The summed E-state index contributed by atoms with van der Waals surface area (Å²) in [5.74, 6) is -0.886. The molecule has 0 aliphatic carbocycles. The maximum absolute atomic E-state index is 12.8. The van der Waals surface area contributed by atoms with Crippen molar-refractivity contribution in [2.75, 3.05) is 5.32 Å². The zero-order valence-electron chi connectivity index (χ0n) is 11.0. The summed E-state index contributed by atoms with van der Waals surface area (Å²) >= 11 is 1.52. The van der Waals surface area contributed by atoms with Gasteiger partial charge in [-0.15, -0.1) is 0 Å². The minimum atomic E-state index is -0.590. The summed E-state index contributed by atoms with van der Waals surface area (Å²) in [6.45, 7) is 0. The second-order valence-corrected chi connectivity index (χ2v) is 4.90. The molecule has 0 aromatic carbocycles. The number of thiophene rings is 1. The van der Waals surface area contributed by atoms with Crippen molar-refractivity contribution in [3.63, 3.8) is 0 Å². The van der Waals surface area contributed by atoms with Crippen LogP contribution in [0.3, 0.4) is 0 Å². The van der Waals surface area contributed by atoms with Gasteiger partial charge in [0.05, 0.1) is 6.42 Å². The van der Waals surface area contributed by atoms with Crippen molar-refractivity contribution in [1.29, 1.82) is 5.41 Å². The zero-order chi connectivity index (χ0) is 15.1. The molecule has 0 radical (unpaired) electrons. The number of anilines is 1. The highest BCUT2D eigenvalue weighted by Crippen LogP contribution is 2.07. The molecule has 21 heavy (non-hydrogen) atoms. The molecule has 0 saturated carbocycles. The van der Waals surface area contributed by atoms with E-state index in [0.29, 0.717) is 5.69 Å². The molecule has 2 rings (SSSR count). The Kier molecular flexibility index (Phi) is 5.16. The van der Waals surface area contributed by atoms with Crippen LogP contribution in [-0.2, 0) is 11.2 Å². The first kappa shape index (κ1) is 14.9. The van der Waals surface area contributed by atoms with Crippen molar-refractivity contribution < 1.29 is 9.18 Å². The van der Waals surface area contributed by atoms with Crippen LogP contribution in [-0.4, -0.2) is 16.7 Å². The number of carbonyl (C=O) groups excluding carboxylic acids is 1. The molecule has 2 aromatic rings. The van der Waals surface area contributed by atoms with E-state index in [9.17, 15) is 9.18 Å². The first-order valence-electron chi connectivity index (χ1n) is 6.07. The second-order valence-electron chi connectivity index (χ2n) is 4.12. The Bertz CT molecular complexity index is 655.